The summed E-state index contributed by atoms with van der Waals surface area (Å²) in [7, 11) is -3.98. The van der Waals surface area contributed by atoms with Gasteiger partial charge in [0.05, 0.1) is 38.6 Å². The van der Waals surface area contributed by atoms with Gasteiger partial charge in [-0.25, -0.2) is 22.9 Å². The van der Waals surface area contributed by atoms with Crippen LogP contribution in [-0.4, -0.2) is 45.0 Å². The van der Waals surface area contributed by atoms with Gasteiger partial charge in [0.2, 0.25) is 5.91 Å². The molecular formula is C18H17ClN4O5S2. The number of hydrogen-bond donors (Lipinski definition) is 1. The number of aryl methyl sites for hydroxylation is 1. The van der Waals surface area contributed by atoms with E-state index in [1.807, 2.05) is 6.07 Å². The Bertz CT molecular complexity index is 1150. The second-order valence-corrected chi connectivity index (χ2v) is 9.70. The Morgan fingerprint density at radius 2 is 2.13 bits per heavy atom. The van der Waals surface area contributed by atoms with Crippen molar-refractivity contribution in [3.05, 3.63) is 38.7 Å². The van der Waals surface area contributed by atoms with Gasteiger partial charge in [0, 0.05) is 18.5 Å². The van der Waals surface area contributed by atoms with Crippen LogP contribution in [0.5, 0.6) is 0 Å². The highest BCUT2D eigenvalue weighted by Gasteiger charge is 2.36. The molecule has 0 spiro atoms. The third-order valence-electron chi connectivity index (χ3n) is 4.45. The molecule has 0 bridgehead atoms. The summed E-state index contributed by atoms with van der Waals surface area (Å²) in [6.07, 6.45) is 0. The van der Waals surface area contributed by atoms with E-state index in [4.69, 9.17) is 16.3 Å². The lowest BCUT2D eigenvalue weighted by atomic mass is 9.99. The molecule has 12 heteroatoms. The Hall–Kier alpha value is -2.68. The number of nitrogens with zero attached hydrogens (tertiary/aromatic N) is 3. The summed E-state index contributed by atoms with van der Waals surface area (Å²) in [6.45, 7) is 3.89. The van der Waals surface area contributed by atoms with Crippen LogP contribution < -0.4 is 9.62 Å². The van der Waals surface area contributed by atoms with Crippen LogP contribution in [0, 0.1) is 24.2 Å². The maximum Gasteiger partial charge on any atom is 0.341 e. The minimum absolute atomic E-state index is 0.0625. The van der Waals surface area contributed by atoms with Crippen LogP contribution in [0.25, 0.3) is 0 Å². The third-order valence-corrected chi connectivity index (χ3v) is 7.02. The predicted octanol–water partition coefficient (Wildman–Crippen LogP) is 2.09. The van der Waals surface area contributed by atoms with E-state index in [0.29, 0.717) is 15.8 Å². The van der Waals surface area contributed by atoms with Crippen molar-refractivity contribution in [1.82, 2.24) is 9.71 Å². The predicted molar refractivity (Wildman–Crippen MR) is 110 cm³/mol. The summed E-state index contributed by atoms with van der Waals surface area (Å²) in [5, 5.41) is 10.7. The molecule has 1 N–H and O–H groups in total. The first-order valence-corrected chi connectivity index (χ1v) is 11.5. The van der Waals surface area contributed by atoms with Crippen LogP contribution in [0.4, 0.5) is 5.82 Å². The van der Waals surface area contributed by atoms with E-state index in [1.165, 1.54) is 17.5 Å². The lowest BCUT2D eigenvalue weighted by Gasteiger charge is -2.39. The molecule has 0 atom stereocenters. The quantitative estimate of drug-likeness (QED) is 0.638. The lowest BCUT2D eigenvalue weighted by Crippen LogP contribution is -2.54. The molecule has 1 aliphatic heterocycles. The summed E-state index contributed by atoms with van der Waals surface area (Å²) in [5.74, 6) is -1.39. The number of rotatable bonds is 6. The molecule has 158 valence electrons. The highest BCUT2D eigenvalue weighted by atomic mass is 35.5. The van der Waals surface area contributed by atoms with E-state index in [9.17, 15) is 23.3 Å². The van der Waals surface area contributed by atoms with E-state index < -0.39 is 27.8 Å². The summed E-state index contributed by atoms with van der Waals surface area (Å²) >= 11 is 6.81. The first kappa shape index (κ1) is 22.0. The number of aromatic nitrogens is 1. The van der Waals surface area contributed by atoms with Crippen molar-refractivity contribution >= 4 is 50.7 Å². The van der Waals surface area contributed by atoms with E-state index >= 15 is 0 Å². The van der Waals surface area contributed by atoms with E-state index in [-0.39, 0.29) is 35.7 Å². The average molecular weight is 469 g/mol. The van der Waals surface area contributed by atoms with Crippen LogP contribution in [0.3, 0.4) is 0 Å². The van der Waals surface area contributed by atoms with Crippen molar-refractivity contribution in [3.8, 4) is 6.07 Å². The van der Waals surface area contributed by atoms with Gasteiger partial charge in [-0.15, -0.1) is 11.3 Å². The van der Waals surface area contributed by atoms with Gasteiger partial charge in [0.1, 0.15) is 11.9 Å². The minimum atomic E-state index is -3.98. The zero-order chi connectivity index (χ0) is 22.1. The fourth-order valence-corrected chi connectivity index (χ4v) is 5.26. The number of carbonyl (C=O) groups is 2. The summed E-state index contributed by atoms with van der Waals surface area (Å²) in [4.78, 5) is 30.4. The SMILES string of the molecule is CCOC(=O)c1c(C#N)cc(N2CC(C(=O)NS(=O)(=O)c3csc(Cl)c3)C2)nc1C. The third kappa shape index (κ3) is 4.40. The monoisotopic (exact) mass is 468 g/mol. The molecule has 30 heavy (non-hydrogen) atoms. The molecule has 0 saturated carbocycles. The van der Waals surface area contributed by atoms with Crippen molar-refractivity contribution < 1.29 is 22.7 Å². The molecule has 3 rings (SSSR count). The Kier molecular flexibility index (Phi) is 6.30. The zero-order valence-electron chi connectivity index (χ0n) is 16.0. The van der Waals surface area contributed by atoms with Crippen LogP contribution in [-0.2, 0) is 19.6 Å². The number of anilines is 1. The highest BCUT2D eigenvalue weighted by Crippen LogP contribution is 2.28. The molecule has 1 amide bonds. The van der Waals surface area contributed by atoms with Gasteiger partial charge in [-0.05, 0) is 26.0 Å². The van der Waals surface area contributed by atoms with E-state index in [0.717, 1.165) is 11.3 Å². The second kappa shape index (κ2) is 8.59. The van der Waals surface area contributed by atoms with E-state index in [2.05, 4.69) is 9.71 Å². The number of nitrogens with one attached hydrogen (secondary N) is 1. The van der Waals surface area contributed by atoms with Gasteiger partial charge in [0.15, 0.2) is 0 Å². The van der Waals surface area contributed by atoms with Crippen LogP contribution >= 0.6 is 22.9 Å². The molecule has 3 heterocycles. The highest BCUT2D eigenvalue weighted by molar-refractivity contribution is 7.90. The molecule has 2 aromatic rings. The number of thiophene rings is 1. The number of ether oxygens (including phenoxy) is 1. The Morgan fingerprint density at radius 3 is 2.70 bits per heavy atom. The van der Waals surface area contributed by atoms with Crippen molar-refractivity contribution in [2.24, 2.45) is 5.92 Å². The van der Waals surface area contributed by atoms with Gasteiger partial charge in [-0.2, -0.15) is 5.26 Å². The summed E-state index contributed by atoms with van der Waals surface area (Å²) in [6, 6.07) is 4.70. The van der Waals surface area contributed by atoms with Gasteiger partial charge in [0.25, 0.3) is 10.0 Å². The standard InChI is InChI=1S/C18H17ClN4O5S2/c1-3-28-18(25)16-10(2)21-15(4-11(16)6-20)23-7-12(8-23)17(24)22-30(26,27)13-5-14(19)29-9-13/h4-5,9,12H,3,7-8H2,1-2H3,(H,22,24). The normalized spacial score (nSPS) is 14.0. The van der Waals surface area contributed by atoms with Crippen molar-refractivity contribution in [2.45, 2.75) is 18.7 Å². The number of amides is 1. The second-order valence-electron chi connectivity index (χ2n) is 6.48. The van der Waals surface area contributed by atoms with Gasteiger partial charge in [-0.1, -0.05) is 11.6 Å². The van der Waals surface area contributed by atoms with Gasteiger partial charge < -0.3 is 9.64 Å². The lowest BCUT2D eigenvalue weighted by molar-refractivity contribution is -0.123. The molecular weight excluding hydrogens is 452 g/mol. The number of carbonyl (C=O) groups excluding carboxylic acids is 2. The number of hydrogen-bond acceptors (Lipinski definition) is 9. The smallest absolute Gasteiger partial charge is 0.341 e. The van der Waals surface area contributed by atoms with Crippen molar-refractivity contribution in [2.75, 3.05) is 24.6 Å². The van der Waals surface area contributed by atoms with Crippen LogP contribution in [0.2, 0.25) is 4.34 Å². The Balaban J connectivity index is 1.69. The first-order valence-electron chi connectivity index (χ1n) is 8.80. The fourth-order valence-electron chi connectivity index (χ4n) is 2.91. The number of esters is 1. The van der Waals surface area contributed by atoms with Gasteiger partial charge >= 0.3 is 5.97 Å². The molecule has 0 radical (unpaired) electrons. The fraction of sp³-hybridized carbons (Fsp3) is 0.333. The Morgan fingerprint density at radius 1 is 1.43 bits per heavy atom. The first-order chi connectivity index (χ1) is 14.2. The molecule has 0 unspecified atom stereocenters. The molecule has 1 saturated heterocycles. The van der Waals surface area contributed by atoms with Crippen molar-refractivity contribution in [1.29, 1.82) is 5.26 Å². The van der Waals surface area contributed by atoms with Gasteiger partial charge in [-0.3, -0.25) is 4.79 Å². The maximum atomic E-state index is 12.3. The zero-order valence-corrected chi connectivity index (χ0v) is 18.4. The maximum absolute atomic E-state index is 12.3. The number of pyridine rings is 1. The van der Waals surface area contributed by atoms with Crippen molar-refractivity contribution in [3.63, 3.8) is 0 Å². The Labute approximate surface area is 182 Å². The number of nitriles is 1. The number of halogens is 1. The van der Waals surface area contributed by atoms with E-state index in [1.54, 1.807) is 18.7 Å². The summed E-state index contributed by atoms with van der Waals surface area (Å²) < 4.78 is 31.8. The molecule has 0 aliphatic carbocycles. The minimum Gasteiger partial charge on any atom is -0.462 e. The van der Waals surface area contributed by atoms with Crippen LogP contribution in [0.1, 0.15) is 28.5 Å². The largest absolute Gasteiger partial charge is 0.462 e. The molecule has 9 nitrogen and oxygen atoms in total. The molecule has 0 aromatic carbocycles. The topological polar surface area (TPSA) is 129 Å². The average Bonchev–Trinajstić information content (AvgIpc) is 3.07. The van der Waals surface area contributed by atoms with Crippen LogP contribution in [0.15, 0.2) is 22.4 Å². The molecule has 1 fully saturated rings. The molecule has 2 aromatic heterocycles. The number of sulfonamides is 1. The summed E-state index contributed by atoms with van der Waals surface area (Å²) in [5.41, 5.74) is 0.575. The molecule has 1 aliphatic rings.